The van der Waals surface area contributed by atoms with Gasteiger partial charge in [0.1, 0.15) is 17.7 Å². The molecule has 2 aromatic carbocycles. The molecule has 0 radical (unpaired) electrons. The zero-order chi connectivity index (χ0) is 35.2. The first kappa shape index (κ1) is 37.8. The van der Waals surface area contributed by atoms with Crippen LogP contribution in [0.4, 0.5) is 4.79 Å². The Kier molecular flexibility index (Phi) is 13.1. The van der Waals surface area contributed by atoms with E-state index in [1.54, 1.807) is 30.1 Å². The summed E-state index contributed by atoms with van der Waals surface area (Å²) in [4.78, 5) is 51.1. The lowest BCUT2D eigenvalue weighted by molar-refractivity contribution is -0.130. The number of likely N-dealkylation sites (N-methyl/N-ethyl adjacent to an activating group) is 1. The van der Waals surface area contributed by atoms with Crippen molar-refractivity contribution >= 4 is 63.6 Å². The van der Waals surface area contributed by atoms with Crippen LogP contribution in [0.1, 0.15) is 62.3 Å². The third-order valence-electron chi connectivity index (χ3n) is 8.14. The van der Waals surface area contributed by atoms with Crippen molar-refractivity contribution in [3.63, 3.8) is 0 Å². The van der Waals surface area contributed by atoms with Gasteiger partial charge in [0.25, 0.3) is 0 Å². The first-order valence-corrected chi connectivity index (χ1v) is 18.8. The van der Waals surface area contributed by atoms with E-state index in [2.05, 4.69) is 27.5 Å². The van der Waals surface area contributed by atoms with Crippen molar-refractivity contribution in [2.45, 2.75) is 45.2 Å². The Morgan fingerprint density at radius 1 is 0.938 bits per heavy atom. The number of benzene rings is 2. The average Bonchev–Trinajstić information content (AvgIpc) is 3.46. The van der Waals surface area contributed by atoms with E-state index in [1.165, 1.54) is 0 Å². The zero-order valence-corrected chi connectivity index (χ0v) is 32.3. The SMILES string of the molecule is CCOc1nc(C(C)(C)C)ncc1C1=N[C@@H](c2ccc(Cl)cc2)[C@@H](c2ccc(Cl)cc2)N1C(=O)N1CCN(CC(=O)N(C)C)CC1.CI. The fraction of sp³-hybridized carbons (Fsp3) is 0.457. The first-order valence-electron chi connectivity index (χ1n) is 15.8. The topological polar surface area (TPSA) is 94.5 Å². The summed E-state index contributed by atoms with van der Waals surface area (Å²) >= 11 is 14.7. The number of aromatic nitrogens is 2. The van der Waals surface area contributed by atoms with Gasteiger partial charge < -0.3 is 14.5 Å². The van der Waals surface area contributed by atoms with Crippen LogP contribution in [0.2, 0.25) is 10.0 Å². The molecule has 0 unspecified atom stereocenters. The highest BCUT2D eigenvalue weighted by Crippen LogP contribution is 2.45. The van der Waals surface area contributed by atoms with Gasteiger partial charge in [0, 0.05) is 61.9 Å². The number of amidine groups is 1. The zero-order valence-electron chi connectivity index (χ0n) is 28.6. The minimum Gasteiger partial charge on any atom is -0.477 e. The summed E-state index contributed by atoms with van der Waals surface area (Å²) < 4.78 is 6.08. The third kappa shape index (κ3) is 8.77. The molecule has 2 aliphatic heterocycles. The second-order valence-corrected chi connectivity index (χ2v) is 13.6. The fourth-order valence-corrected chi connectivity index (χ4v) is 5.82. The number of ether oxygens (including phenoxy) is 1. The van der Waals surface area contributed by atoms with Gasteiger partial charge in [-0.15, -0.1) is 0 Å². The van der Waals surface area contributed by atoms with Gasteiger partial charge in [-0.2, -0.15) is 4.98 Å². The van der Waals surface area contributed by atoms with E-state index in [4.69, 9.17) is 42.9 Å². The van der Waals surface area contributed by atoms with Crippen LogP contribution in [0.25, 0.3) is 0 Å². The molecule has 0 spiro atoms. The van der Waals surface area contributed by atoms with E-state index in [0.717, 1.165) is 11.1 Å². The number of hydrogen-bond donors (Lipinski definition) is 0. The first-order chi connectivity index (χ1) is 22.9. The predicted molar refractivity (Wildman–Crippen MR) is 201 cm³/mol. The Morgan fingerprint density at radius 2 is 1.50 bits per heavy atom. The smallest absolute Gasteiger partial charge is 0.326 e. The summed E-state index contributed by atoms with van der Waals surface area (Å²) in [6, 6.07) is 13.9. The normalized spacial score (nSPS) is 18.2. The number of amides is 3. The van der Waals surface area contributed by atoms with E-state index in [-0.39, 0.29) is 17.4 Å². The summed E-state index contributed by atoms with van der Waals surface area (Å²) in [7, 11) is 3.50. The lowest BCUT2D eigenvalue weighted by Gasteiger charge is -2.39. The van der Waals surface area contributed by atoms with Crippen LogP contribution in [0, 0.1) is 0 Å². The number of hydrogen-bond acceptors (Lipinski definition) is 7. The maximum Gasteiger partial charge on any atom is 0.326 e. The lowest BCUT2D eigenvalue weighted by atomic mass is 9.93. The highest BCUT2D eigenvalue weighted by atomic mass is 127. The second kappa shape index (κ2) is 16.6. The molecule has 0 saturated carbocycles. The molecule has 48 heavy (non-hydrogen) atoms. The van der Waals surface area contributed by atoms with E-state index < -0.39 is 12.1 Å². The maximum absolute atomic E-state index is 14.7. The van der Waals surface area contributed by atoms with Crippen molar-refractivity contribution in [1.82, 2.24) is 29.6 Å². The Hall–Kier alpha value is -3.00. The molecule has 3 amide bonds. The Bertz CT molecular complexity index is 1590. The molecule has 258 valence electrons. The van der Waals surface area contributed by atoms with E-state index in [1.807, 2.05) is 86.1 Å². The molecule has 0 aliphatic carbocycles. The summed E-state index contributed by atoms with van der Waals surface area (Å²) in [5.74, 6) is 1.46. The fourth-order valence-electron chi connectivity index (χ4n) is 5.56. The van der Waals surface area contributed by atoms with Gasteiger partial charge in [-0.1, -0.05) is 90.8 Å². The molecule has 2 atom stereocenters. The van der Waals surface area contributed by atoms with Crippen LogP contribution in [0.5, 0.6) is 5.88 Å². The average molecular weight is 809 g/mol. The molecule has 3 aromatic rings. The third-order valence-corrected chi connectivity index (χ3v) is 8.65. The van der Waals surface area contributed by atoms with Crippen LogP contribution in [-0.4, -0.2) is 106 Å². The number of aliphatic imine (C=N–C) groups is 1. The molecule has 0 bridgehead atoms. The van der Waals surface area contributed by atoms with E-state index >= 15 is 0 Å². The van der Waals surface area contributed by atoms with E-state index in [9.17, 15) is 9.59 Å². The number of alkyl halides is 1. The highest BCUT2D eigenvalue weighted by Gasteiger charge is 2.45. The maximum atomic E-state index is 14.7. The largest absolute Gasteiger partial charge is 0.477 e. The Labute approximate surface area is 307 Å². The van der Waals surface area contributed by atoms with Crippen molar-refractivity contribution in [3.05, 3.63) is 87.3 Å². The number of piperazine rings is 1. The number of carbonyl (C=O) groups is 2. The number of nitrogens with zero attached hydrogens (tertiary/aromatic N) is 7. The minimum atomic E-state index is -0.508. The van der Waals surface area contributed by atoms with Gasteiger partial charge in [0.15, 0.2) is 0 Å². The summed E-state index contributed by atoms with van der Waals surface area (Å²) in [6.45, 7) is 10.8. The Morgan fingerprint density at radius 3 is 2.02 bits per heavy atom. The molecule has 1 aromatic heterocycles. The monoisotopic (exact) mass is 807 g/mol. The second-order valence-electron chi connectivity index (χ2n) is 12.7. The van der Waals surface area contributed by atoms with Gasteiger partial charge >= 0.3 is 6.03 Å². The lowest BCUT2D eigenvalue weighted by Crippen LogP contribution is -2.55. The molecule has 5 rings (SSSR count). The van der Waals surface area contributed by atoms with Crippen LogP contribution in [0.15, 0.2) is 59.7 Å². The summed E-state index contributed by atoms with van der Waals surface area (Å²) in [5.41, 5.74) is 1.99. The molecule has 2 aliphatic rings. The predicted octanol–water partition coefficient (Wildman–Crippen LogP) is 6.90. The van der Waals surface area contributed by atoms with Gasteiger partial charge in [-0.3, -0.25) is 19.6 Å². The summed E-state index contributed by atoms with van der Waals surface area (Å²) in [6.07, 6.45) is 1.71. The number of carbonyl (C=O) groups excluding carboxylic acids is 2. The van der Waals surface area contributed by atoms with Crippen LogP contribution >= 0.6 is 45.8 Å². The molecular formula is C35H44Cl2IN7O3. The van der Waals surface area contributed by atoms with Crippen molar-refractivity contribution in [2.24, 2.45) is 4.99 Å². The van der Waals surface area contributed by atoms with Gasteiger partial charge in [-0.05, 0) is 47.2 Å². The molecule has 0 N–H and O–H groups in total. The standard InChI is InChI=1S/C34H41Cl2N7O3.CH3I/c1-7-46-31-26(20-37-32(39-31)34(2,3)4)30-38-28(22-8-12-24(35)13-9-22)29(23-10-14-25(36)15-11-23)43(30)33(45)42-18-16-41(17-19-42)21-27(44)40(5)6;1-2/h8-15,20,28-29H,7,16-19,21H2,1-6H3;1H3/t28-,29+;/m0./s1. The number of rotatable bonds is 7. The van der Waals surface area contributed by atoms with Crippen LogP contribution in [-0.2, 0) is 10.2 Å². The van der Waals surface area contributed by atoms with Crippen molar-refractivity contribution in [1.29, 1.82) is 0 Å². The van der Waals surface area contributed by atoms with Crippen LogP contribution < -0.4 is 4.74 Å². The van der Waals surface area contributed by atoms with Gasteiger partial charge in [0.2, 0.25) is 11.8 Å². The Balaban J connectivity index is 0.00000255. The molecule has 10 nitrogen and oxygen atoms in total. The molecule has 1 fully saturated rings. The van der Waals surface area contributed by atoms with Crippen molar-refractivity contribution < 1.29 is 14.3 Å². The van der Waals surface area contributed by atoms with Crippen LogP contribution in [0.3, 0.4) is 0 Å². The molecule has 3 heterocycles. The van der Waals surface area contributed by atoms with E-state index in [0.29, 0.717) is 72.5 Å². The molecular weight excluding hydrogens is 764 g/mol. The summed E-state index contributed by atoms with van der Waals surface area (Å²) in [5, 5.41) is 1.20. The van der Waals surface area contributed by atoms with Crippen molar-refractivity contribution in [3.8, 4) is 5.88 Å². The number of urea groups is 1. The minimum absolute atomic E-state index is 0.0319. The van der Waals surface area contributed by atoms with Gasteiger partial charge in [-0.25, -0.2) is 9.78 Å². The van der Waals surface area contributed by atoms with Crippen molar-refractivity contribution in [2.75, 3.05) is 58.4 Å². The van der Waals surface area contributed by atoms with Gasteiger partial charge in [0.05, 0.1) is 24.8 Å². The molecule has 13 heteroatoms. The highest BCUT2D eigenvalue weighted by molar-refractivity contribution is 14.1. The number of halogens is 3. The quantitative estimate of drug-likeness (QED) is 0.191. The molecule has 1 saturated heterocycles.